The average molecular weight is 493 g/mol. The number of aliphatic imine (C=N–C) groups is 1. The number of nitrogens with zero attached hydrogens (tertiary/aromatic N) is 3. The predicted molar refractivity (Wildman–Crippen MR) is 124 cm³/mol. The van der Waals surface area contributed by atoms with Gasteiger partial charge in [0.15, 0.2) is 5.96 Å². The summed E-state index contributed by atoms with van der Waals surface area (Å²) in [6.07, 6.45) is 2.68. The molecule has 1 aromatic carbocycles. The number of aromatic nitrogens is 2. The lowest BCUT2D eigenvalue weighted by Crippen LogP contribution is -2.37. The highest BCUT2D eigenvalue weighted by molar-refractivity contribution is 14.0. The molecule has 142 valence electrons. The molecule has 0 aliphatic heterocycles. The van der Waals surface area contributed by atoms with Crippen LogP contribution in [0.4, 0.5) is 0 Å². The van der Waals surface area contributed by atoms with Crippen LogP contribution in [0.3, 0.4) is 0 Å². The maximum atomic E-state index is 4.70. The minimum atomic E-state index is 0. The van der Waals surface area contributed by atoms with E-state index in [9.17, 15) is 0 Å². The Kier molecular flexibility index (Phi) is 8.66. The lowest BCUT2D eigenvalue weighted by atomic mass is 10.2. The molecule has 0 amide bonds. The first-order chi connectivity index (χ1) is 12.8. The lowest BCUT2D eigenvalue weighted by Gasteiger charge is -2.11. The minimum absolute atomic E-state index is 0. The van der Waals surface area contributed by atoms with Crippen LogP contribution in [0.1, 0.15) is 16.3 Å². The van der Waals surface area contributed by atoms with Gasteiger partial charge in [0.2, 0.25) is 0 Å². The average Bonchev–Trinajstić information content (AvgIpc) is 3.07. The van der Waals surface area contributed by atoms with Gasteiger partial charge in [0.25, 0.3) is 0 Å². The van der Waals surface area contributed by atoms with Crippen LogP contribution in [-0.4, -0.2) is 29.5 Å². The lowest BCUT2D eigenvalue weighted by molar-refractivity contribution is 0.786. The van der Waals surface area contributed by atoms with E-state index in [0.29, 0.717) is 6.54 Å². The Hall–Kier alpha value is -2.00. The molecule has 0 aliphatic carbocycles. The van der Waals surface area contributed by atoms with Gasteiger partial charge in [-0.25, -0.2) is 4.98 Å². The Morgan fingerprint density at radius 2 is 1.85 bits per heavy atom. The van der Waals surface area contributed by atoms with Crippen LogP contribution in [0.15, 0.2) is 59.7 Å². The summed E-state index contributed by atoms with van der Waals surface area (Å²) in [5, 5.41) is 7.75. The summed E-state index contributed by atoms with van der Waals surface area (Å²) in [6, 6.07) is 16.2. The molecule has 27 heavy (non-hydrogen) atoms. The SMILES string of the molecule is CN=C(NCCc1ccccn1)NCc1sc(-c2ccccc2)nc1C.I. The van der Waals surface area contributed by atoms with Crippen molar-refractivity contribution in [1.29, 1.82) is 0 Å². The van der Waals surface area contributed by atoms with Crippen molar-refractivity contribution in [3.63, 3.8) is 0 Å². The van der Waals surface area contributed by atoms with Crippen LogP contribution in [0, 0.1) is 6.92 Å². The Bertz CT molecular complexity index is 849. The van der Waals surface area contributed by atoms with E-state index in [2.05, 4.69) is 39.7 Å². The van der Waals surface area contributed by atoms with Crippen LogP contribution in [0.5, 0.6) is 0 Å². The van der Waals surface area contributed by atoms with Crippen molar-refractivity contribution in [3.8, 4) is 10.6 Å². The van der Waals surface area contributed by atoms with Gasteiger partial charge in [-0.2, -0.15) is 0 Å². The first-order valence-corrected chi connectivity index (χ1v) is 9.44. The number of nitrogens with one attached hydrogen (secondary N) is 2. The molecular weight excluding hydrogens is 469 g/mol. The van der Waals surface area contributed by atoms with Crippen molar-refractivity contribution in [2.45, 2.75) is 19.9 Å². The van der Waals surface area contributed by atoms with Gasteiger partial charge >= 0.3 is 0 Å². The number of guanidine groups is 1. The van der Waals surface area contributed by atoms with Crippen molar-refractivity contribution >= 4 is 41.3 Å². The second-order valence-corrected chi connectivity index (χ2v) is 6.90. The number of hydrogen-bond acceptors (Lipinski definition) is 4. The number of hydrogen-bond donors (Lipinski definition) is 2. The maximum absolute atomic E-state index is 4.70. The fourth-order valence-corrected chi connectivity index (χ4v) is 3.54. The summed E-state index contributed by atoms with van der Waals surface area (Å²) in [6.45, 7) is 3.55. The van der Waals surface area contributed by atoms with E-state index >= 15 is 0 Å². The van der Waals surface area contributed by atoms with Crippen molar-refractivity contribution in [3.05, 3.63) is 71.0 Å². The summed E-state index contributed by atoms with van der Waals surface area (Å²) >= 11 is 1.72. The molecule has 3 aromatic rings. The highest BCUT2D eigenvalue weighted by atomic mass is 127. The van der Waals surface area contributed by atoms with E-state index in [0.717, 1.165) is 40.9 Å². The smallest absolute Gasteiger partial charge is 0.191 e. The van der Waals surface area contributed by atoms with Crippen molar-refractivity contribution in [2.24, 2.45) is 4.99 Å². The van der Waals surface area contributed by atoms with Gasteiger partial charge in [0, 0.05) is 42.3 Å². The Morgan fingerprint density at radius 3 is 2.56 bits per heavy atom. The topological polar surface area (TPSA) is 62.2 Å². The molecule has 2 N–H and O–H groups in total. The molecule has 0 bridgehead atoms. The minimum Gasteiger partial charge on any atom is -0.356 e. The molecule has 7 heteroatoms. The third-order valence-electron chi connectivity index (χ3n) is 3.95. The van der Waals surface area contributed by atoms with E-state index in [1.165, 1.54) is 4.88 Å². The summed E-state index contributed by atoms with van der Waals surface area (Å²) in [7, 11) is 1.78. The zero-order chi connectivity index (χ0) is 18.2. The first-order valence-electron chi connectivity index (χ1n) is 8.62. The summed E-state index contributed by atoms with van der Waals surface area (Å²) in [5.41, 5.74) is 3.29. The second kappa shape index (κ2) is 11.0. The quantitative estimate of drug-likeness (QED) is 0.309. The highest BCUT2D eigenvalue weighted by Gasteiger charge is 2.09. The molecule has 2 heterocycles. The molecule has 5 nitrogen and oxygen atoms in total. The Morgan fingerprint density at radius 1 is 1.07 bits per heavy atom. The monoisotopic (exact) mass is 493 g/mol. The summed E-state index contributed by atoms with van der Waals surface area (Å²) in [4.78, 5) is 14.5. The molecular formula is C20H24IN5S. The first kappa shape index (κ1) is 21.3. The summed E-state index contributed by atoms with van der Waals surface area (Å²) in [5.74, 6) is 0.787. The predicted octanol–water partition coefficient (Wildman–Crippen LogP) is 4.04. The van der Waals surface area contributed by atoms with Crippen molar-refractivity contribution in [1.82, 2.24) is 20.6 Å². The largest absolute Gasteiger partial charge is 0.356 e. The Balaban J connectivity index is 0.00000261. The van der Waals surface area contributed by atoms with Gasteiger partial charge in [0.05, 0.1) is 12.2 Å². The van der Waals surface area contributed by atoms with Crippen molar-refractivity contribution < 1.29 is 0 Å². The molecule has 0 unspecified atom stereocenters. The van der Waals surface area contributed by atoms with E-state index in [1.807, 2.05) is 42.6 Å². The van der Waals surface area contributed by atoms with Crippen LogP contribution in [-0.2, 0) is 13.0 Å². The number of rotatable bonds is 6. The van der Waals surface area contributed by atoms with Crippen LogP contribution in [0.25, 0.3) is 10.6 Å². The molecule has 0 aliphatic rings. The number of pyridine rings is 1. The number of halogens is 1. The van der Waals surface area contributed by atoms with Gasteiger partial charge in [-0.15, -0.1) is 35.3 Å². The van der Waals surface area contributed by atoms with Gasteiger partial charge in [-0.05, 0) is 19.1 Å². The standard InChI is InChI=1S/C20H23N5S.HI/c1-15-18(26-19(25-15)16-8-4-3-5-9-16)14-24-20(21-2)23-13-11-17-10-6-7-12-22-17;/h3-10,12H,11,13-14H2,1-2H3,(H2,21,23,24);1H. The normalized spacial score (nSPS) is 11.0. The number of benzene rings is 1. The van der Waals surface area contributed by atoms with Gasteiger partial charge in [-0.1, -0.05) is 36.4 Å². The highest BCUT2D eigenvalue weighted by Crippen LogP contribution is 2.27. The van der Waals surface area contributed by atoms with Crippen LogP contribution in [0.2, 0.25) is 0 Å². The number of aryl methyl sites for hydroxylation is 1. The van der Waals surface area contributed by atoms with Crippen molar-refractivity contribution in [2.75, 3.05) is 13.6 Å². The van der Waals surface area contributed by atoms with Gasteiger partial charge in [-0.3, -0.25) is 9.98 Å². The fraction of sp³-hybridized carbons (Fsp3) is 0.250. The van der Waals surface area contributed by atoms with E-state index in [4.69, 9.17) is 4.98 Å². The molecule has 0 saturated heterocycles. The van der Waals surface area contributed by atoms with Gasteiger partial charge < -0.3 is 10.6 Å². The van der Waals surface area contributed by atoms with Crippen LogP contribution >= 0.6 is 35.3 Å². The number of thiazole rings is 1. The Labute approximate surface area is 181 Å². The molecule has 0 spiro atoms. The molecule has 0 saturated carbocycles. The summed E-state index contributed by atoms with van der Waals surface area (Å²) < 4.78 is 0. The molecule has 3 rings (SSSR count). The molecule has 0 atom stereocenters. The maximum Gasteiger partial charge on any atom is 0.191 e. The zero-order valence-corrected chi connectivity index (χ0v) is 18.6. The second-order valence-electron chi connectivity index (χ2n) is 5.82. The zero-order valence-electron chi connectivity index (χ0n) is 15.5. The van der Waals surface area contributed by atoms with E-state index < -0.39 is 0 Å². The third kappa shape index (κ3) is 6.28. The molecule has 0 fully saturated rings. The van der Waals surface area contributed by atoms with E-state index in [1.54, 1.807) is 18.4 Å². The van der Waals surface area contributed by atoms with E-state index in [-0.39, 0.29) is 24.0 Å². The molecule has 0 radical (unpaired) electrons. The molecule has 2 aromatic heterocycles. The van der Waals surface area contributed by atoms with Gasteiger partial charge in [0.1, 0.15) is 5.01 Å². The van der Waals surface area contributed by atoms with Crippen LogP contribution < -0.4 is 10.6 Å². The fourth-order valence-electron chi connectivity index (χ4n) is 2.54. The third-order valence-corrected chi connectivity index (χ3v) is 5.16.